The van der Waals surface area contributed by atoms with Crippen LogP contribution >= 0.6 is 0 Å². The number of nitrogens with two attached hydrogens (primary N) is 1. The normalized spacial score (nSPS) is 12.2. The van der Waals surface area contributed by atoms with Crippen LogP contribution in [0.25, 0.3) is 0 Å². The minimum atomic E-state index is 0.439. The van der Waals surface area contributed by atoms with Crippen LogP contribution in [0.5, 0.6) is 5.75 Å². The van der Waals surface area contributed by atoms with Crippen LogP contribution in [0, 0.1) is 0 Å². The highest BCUT2D eigenvalue weighted by molar-refractivity contribution is 5.73. The maximum Gasteiger partial charge on any atom is 0.143 e. The fourth-order valence-electron chi connectivity index (χ4n) is 1.70. The van der Waals surface area contributed by atoms with Gasteiger partial charge in [-0.1, -0.05) is 25.8 Å². The maximum atomic E-state index is 5.98. The highest BCUT2D eigenvalue weighted by Gasteiger charge is 2.07. The molecule has 0 radical (unpaired) electrons. The Labute approximate surface area is 98.0 Å². The highest BCUT2D eigenvalue weighted by atomic mass is 16.5. The van der Waals surface area contributed by atoms with Gasteiger partial charge >= 0.3 is 0 Å². The molecule has 3 N–H and O–H groups in total. The van der Waals surface area contributed by atoms with Gasteiger partial charge in [0.25, 0.3) is 0 Å². The first-order valence-electron chi connectivity index (χ1n) is 5.88. The second kappa shape index (κ2) is 6.26. The molecule has 90 valence electrons. The van der Waals surface area contributed by atoms with Gasteiger partial charge in [0, 0.05) is 6.04 Å². The van der Waals surface area contributed by atoms with Crippen molar-refractivity contribution in [2.75, 3.05) is 18.2 Å². The molecule has 0 amide bonds. The van der Waals surface area contributed by atoms with E-state index < -0.39 is 0 Å². The van der Waals surface area contributed by atoms with Gasteiger partial charge in [0.15, 0.2) is 0 Å². The van der Waals surface area contributed by atoms with Crippen LogP contribution in [0.4, 0.5) is 11.4 Å². The molecule has 1 atom stereocenters. The molecule has 3 heteroatoms. The summed E-state index contributed by atoms with van der Waals surface area (Å²) < 4.78 is 5.18. The Morgan fingerprint density at radius 1 is 1.44 bits per heavy atom. The van der Waals surface area contributed by atoms with Crippen molar-refractivity contribution in [1.82, 2.24) is 0 Å². The summed E-state index contributed by atoms with van der Waals surface area (Å²) in [6.45, 7) is 4.38. The van der Waals surface area contributed by atoms with Gasteiger partial charge in [0.2, 0.25) is 0 Å². The minimum Gasteiger partial charge on any atom is -0.495 e. The summed E-state index contributed by atoms with van der Waals surface area (Å²) in [6.07, 6.45) is 3.62. The predicted molar refractivity (Wildman–Crippen MR) is 70.0 cm³/mol. The molecule has 0 aliphatic heterocycles. The fraction of sp³-hybridized carbons (Fsp3) is 0.538. The molecule has 0 fully saturated rings. The maximum absolute atomic E-state index is 5.98. The Hall–Kier alpha value is -1.38. The lowest BCUT2D eigenvalue weighted by Crippen LogP contribution is -2.16. The lowest BCUT2D eigenvalue weighted by Gasteiger charge is -2.17. The van der Waals surface area contributed by atoms with Crippen LogP contribution in [0.15, 0.2) is 18.2 Å². The molecule has 16 heavy (non-hydrogen) atoms. The number of para-hydroxylation sites is 1. The van der Waals surface area contributed by atoms with Gasteiger partial charge < -0.3 is 15.8 Å². The molecule has 0 saturated heterocycles. The molecule has 0 aliphatic rings. The Morgan fingerprint density at radius 3 is 2.81 bits per heavy atom. The molecule has 1 aromatic carbocycles. The average Bonchev–Trinajstić information content (AvgIpc) is 2.29. The second-order valence-corrected chi connectivity index (χ2v) is 4.11. The monoisotopic (exact) mass is 222 g/mol. The minimum absolute atomic E-state index is 0.439. The van der Waals surface area contributed by atoms with E-state index in [0.29, 0.717) is 11.7 Å². The molecule has 3 nitrogen and oxygen atoms in total. The molecule has 0 saturated carbocycles. The number of hydrogen-bond acceptors (Lipinski definition) is 3. The van der Waals surface area contributed by atoms with E-state index in [1.54, 1.807) is 7.11 Å². The van der Waals surface area contributed by atoms with Crippen LogP contribution < -0.4 is 15.8 Å². The van der Waals surface area contributed by atoms with Crippen molar-refractivity contribution in [3.05, 3.63) is 18.2 Å². The summed E-state index contributed by atoms with van der Waals surface area (Å²) >= 11 is 0. The van der Waals surface area contributed by atoms with Gasteiger partial charge in [-0.05, 0) is 25.5 Å². The topological polar surface area (TPSA) is 47.3 Å². The van der Waals surface area contributed by atoms with Crippen molar-refractivity contribution in [2.45, 2.75) is 39.2 Å². The third-order valence-electron chi connectivity index (χ3n) is 2.68. The van der Waals surface area contributed by atoms with Gasteiger partial charge in [0.1, 0.15) is 5.75 Å². The molecule has 0 spiro atoms. The number of methoxy groups -OCH3 is 1. The van der Waals surface area contributed by atoms with Gasteiger partial charge in [0.05, 0.1) is 18.5 Å². The third kappa shape index (κ3) is 3.33. The summed E-state index contributed by atoms with van der Waals surface area (Å²) in [5.41, 5.74) is 7.63. The lowest BCUT2D eigenvalue weighted by atomic mass is 10.1. The van der Waals surface area contributed by atoms with Gasteiger partial charge in [-0.25, -0.2) is 0 Å². The number of anilines is 2. The number of benzene rings is 1. The summed E-state index contributed by atoms with van der Waals surface area (Å²) in [5, 5.41) is 3.41. The number of rotatable bonds is 6. The van der Waals surface area contributed by atoms with Crippen molar-refractivity contribution in [3.63, 3.8) is 0 Å². The summed E-state index contributed by atoms with van der Waals surface area (Å²) in [4.78, 5) is 0. The van der Waals surface area contributed by atoms with Crippen molar-refractivity contribution < 1.29 is 4.74 Å². The van der Waals surface area contributed by atoms with Gasteiger partial charge in [-0.3, -0.25) is 0 Å². The van der Waals surface area contributed by atoms with E-state index in [0.717, 1.165) is 17.9 Å². The molecule has 1 unspecified atom stereocenters. The van der Waals surface area contributed by atoms with Crippen molar-refractivity contribution >= 4 is 11.4 Å². The van der Waals surface area contributed by atoms with Gasteiger partial charge in [-0.2, -0.15) is 0 Å². The third-order valence-corrected chi connectivity index (χ3v) is 2.68. The smallest absolute Gasteiger partial charge is 0.143 e. The first-order valence-corrected chi connectivity index (χ1v) is 5.88. The lowest BCUT2D eigenvalue weighted by molar-refractivity contribution is 0.417. The van der Waals surface area contributed by atoms with E-state index in [-0.39, 0.29) is 0 Å². The Morgan fingerprint density at radius 2 is 2.19 bits per heavy atom. The zero-order valence-electron chi connectivity index (χ0n) is 10.4. The van der Waals surface area contributed by atoms with Crippen LogP contribution in [0.3, 0.4) is 0 Å². The fourth-order valence-corrected chi connectivity index (χ4v) is 1.70. The Kier molecular flexibility index (Phi) is 4.96. The quantitative estimate of drug-likeness (QED) is 0.726. The second-order valence-electron chi connectivity index (χ2n) is 4.11. The summed E-state index contributed by atoms with van der Waals surface area (Å²) in [6, 6.07) is 6.25. The molecular weight excluding hydrogens is 200 g/mol. The number of nitrogen functional groups attached to an aromatic ring is 1. The summed E-state index contributed by atoms with van der Waals surface area (Å²) in [5.74, 6) is 0.729. The van der Waals surface area contributed by atoms with Crippen LogP contribution in [-0.4, -0.2) is 13.2 Å². The number of hydrogen-bond donors (Lipinski definition) is 2. The zero-order valence-corrected chi connectivity index (χ0v) is 10.4. The van der Waals surface area contributed by atoms with E-state index in [1.165, 1.54) is 12.8 Å². The van der Waals surface area contributed by atoms with Gasteiger partial charge in [-0.15, -0.1) is 0 Å². The predicted octanol–water partition coefficient (Wildman–Crippen LogP) is 3.27. The van der Waals surface area contributed by atoms with E-state index in [4.69, 9.17) is 10.5 Å². The zero-order chi connectivity index (χ0) is 12.0. The van der Waals surface area contributed by atoms with Crippen LogP contribution in [-0.2, 0) is 0 Å². The standard InChI is InChI=1S/C13H22N2O/c1-4-5-7-10(2)15-11-8-6-9-12(16-3)13(11)14/h6,8-10,15H,4-5,7,14H2,1-3H3. The highest BCUT2D eigenvalue weighted by Crippen LogP contribution is 2.29. The van der Waals surface area contributed by atoms with Crippen molar-refractivity contribution in [3.8, 4) is 5.75 Å². The average molecular weight is 222 g/mol. The molecular formula is C13H22N2O. The molecule has 0 heterocycles. The number of nitrogens with one attached hydrogen (secondary N) is 1. The Balaban J connectivity index is 2.66. The van der Waals surface area contributed by atoms with E-state index in [1.807, 2.05) is 18.2 Å². The number of ether oxygens (including phenoxy) is 1. The van der Waals surface area contributed by atoms with E-state index >= 15 is 0 Å². The number of unbranched alkanes of at least 4 members (excludes halogenated alkanes) is 1. The van der Waals surface area contributed by atoms with Crippen molar-refractivity contribution in [1.29, 1.82) is 0 Å². The van der Waals surface area contributed by atoms with Crippen LogP contribution in [0.1, 0.15) is 33.1 Å². The molecule has 1 aromatic rings. The largest absolute Gasteiger partial charge is 0.495 e. The summed E-state index contributed by atoms with van der Waals surface area (Å²) in [7, 11) is 1.63. The molecule has 0 aliphatic carbocycles. The van der Waals surface area contributed by atoms with Crippen LogP contribution in [0.2, 0.25) is 0 Å². The van der Waals surface area contributed by atoms with E-state index in [9.17, 15) is 0 Å². The molecule has 0 bridgehead atoms. The first-order chi connectivity index (χ1) is 7.69. The SMILES string of the molecule is CCCCC(C)Nc1cccc(OC)c1N. The van der Waals surface area contributed by atoms with Crippen molar-refractivity contribution in [2.24, 2.45) is 0 Å². The first kappa shape index (κ1) is 12.7. The molecule has 1 rings (SSSR count). The Bertz CT molecular complexity index is 326. The molecule has 0 aromatic heterocycles. The van der Waals surface area contributed by atoms with E-state index in [2.05, 4.69) is 19.2 Å².